The van der Waals surface area contributed by atoms with Crippen LogP contribution in [0.25, 0.3) is 0 Å². The van der Waals surface area contributed by atoms with Crippen molar-refractivity contribution in [1.82, 2.24) is 8.75 Å². The molecule has 1 N–H and O–H groups in total. The first-order valence-electron chi connectivity index (χ1n) is 5.29. The number of hydrogen-bond acceptors (Lipinski definition) is 6. The molecule has 8 heteroatoms. The summed E-state index contributed by atoms with van der Waals surface area (Å²) >= 11 is 0.949. The zero-order valence-corrected chi connectivity index (χ0v) is 11.7. The number of carbonyl (C=O) groups is 1. The Hall–Kier alpha value is -1.80. The molecule has 0 aliphatic rings. The second kappa shape index (κ2) is 5.45. The zero-order chi connectivity index (χ0) is 13.9. The summed E-state index contributed by atoms with van der Waals surface area (Å²) < 4.78 is 30.0. The highest BCUT2D eigenvalue weighted by atomic mass is 32.2. The maximum atomic E-state index is 11.7. The van der Waals surface area contributed by atoms with Crippen molar-refractivity contribution >= 4 is 33.2 Å². The zero-order valence-electron chi connectivity index (χ0n) is 10.0. The van der Waals surface area contributed by atoms with Gasteiger partial charge in [0, 0.05) is 11.9 Å². The minimum absolute atomic E-state index is 0.0605. The standard InChI is InChI=1S/C11H11N3O3S2/c1-19(16,17)7-8-3-2-4-9(5-8)13-11(15)10-6-12-18-14-10/h2-6H,7H2,1H3,(H,13,15). The maximum absolute atomic E-state index is 11.7. The molecule has 0 atom stereocenters. The van der Waals surface area contributed by atoms with Gasteiger partial charge in [0.1, 0.15) is 0 Å². The molecule has 0 radical (unpaired) electrons. The molecule has 2 rings (SSSR count). The molecule has 0 bridgehead atoms. The Morgan fingerprint density at radius 3 is 2.84 bits per heavy atom. The van der Waals surface area contributed by atoms with Crippen LogP contribution in [0.2, 0.25) is 0 Å². The Kier molecular flexibility index (Phi) is 3.91. The molecular formula is C11H11N3O3S2. The van der Waals surface area contributed by atoms with E-state index in [0.717, 1.165) is 11.7 Å². The highest BCUT2D eigenvalue weighted by Gasteiger charge is 2.10. The molecule has 0 saturated heterocycles. The van der Waals surface area contributed by atoms with E-state index in [1.807, 2.05) is 0 Å². The van der Waals surface area contributed by atoms with Crippen LogP contribution in [0.5, 0.6) is 0 Å². The number of amides is 1. The van der Waals surface area contributed by atoms with E-state index in [-0.39, 0.29) is 17.4 Å². The van der Waals surface area contributed by atoms with E-state index in [2.05, 4.69) is 14.1 Å². The van der Waals surface area contributed by atoms with Crippen LogP contribution in [0.1, 0.15) is 16.1 Å². The fourth-order valence-electron chi connectivity index (χ4n) is 1.50. The molecule has 0 spiro atoms. The fourth-order valence-corrected chi connectivity index (χ4v) is 2.70. The molecule has 0 unspecified atom stereocenters. The highest BCUT2D eigenvalue weighted by molar-refractivity contribution is 7.89. The smallest absolute Gasteiger partial charge is 0.277 e. The normalized spacial score (nSPS) is 11.2. The molecular weight excluding hydrogens is 286 g/mol. The molecule has 0 aliphatic carbocycles. The van der Waals surface area contributed by atoms with Gasteiger partial charge >= 0.3 is 0 Å². The van der Waals surface area contributed by atoms with Gasteiger partial charge in [0.25, 0.3) is 5.91 Å². The van der Waals surface area contributed by atoms with Gasteiger partial charge in [-0.3, -0.25) is 4.79 Å². The second-order valence-electron chi connectivity index (χ2n) is 4.02. The Bertz CT molecular complexity index is 681. The molecule has 6 nitrogen and oxygen atoms in total. The second-order valence-corrected chi connectivity index (χ2v) is 6.71. The minimum atomic E-state index is -3.10. The van der Waals surface area contributed by atoms with Gasteiger partial charge in [0.05, 0.1) is 23.7 Å². The molecule has 0 saturated carbocycles. The van der Waals surface area contributed by atoms with Crippen LogP contribution in [-0.4, -0.2) is 29.3 Å². The third-order valence-corrected chi connectivity index (χ3v) is 3.54. The van der Waals surface area contributed by atoms with E-state index in [0.29, 0.717) is 11.3 Å². The minimum Gasteiger partial charge on any atom is -0.321 e. The average molecular weight is 297 g/mol. The van der Waals surface area contributed by atoms with E-state index in [4.69, 9.17) is 0 Å². The van der Waals surface area contributed by atoms with Crippen molar-refractivity contribution in [3.8, 4) is 0 Å². The fraction of sp³-hybridized carbons (Fsp3) is 0.182. The first kappa shape index (κ1) is 13.6. The summed E-state index contributed by atoms with van der Waals surface area (Å²) in [5.74, 6) is -0.431. The van der Waals surface area contributed by atoms with E-state index >= 15 is 0 Å². The van der Waals surface area contributed by atoms with Gasteiger partial charge in [-0.2, -0.15) is 8.75 Å². The van der Waals surface area contributed by atoms with Gasteiger partial charge < -0.3 is 5.32 Å². The van der Waals surface area contributed by atoms with Crippen molar-refractivity contribution in [2.45, 2.75) is 5.75 Å². The van der Waals surface area contributed by atoms with E-state index in [1.54, 1.807) is 24.3 Å². The topological polar surface area (TPSA) is 89.0 Å². The van der Waals surface area contributed by atoms with Crippen LogP contribution in [-0.2, 0) is 15.6 Å². The predicted octanol–water partition coefficient (Wildman–Crippen LogP) is 1.33. The van der Waals surface area contributed by atoms with Crippen LogP contribution in [0.3, 0.4) is 0 Å². The highest BCUT2D eigenvalue weighted by Crippen LogP contribution is 2.14. The summed E-state index contributed by atoms with van der Waals surface area (Å²) in [5.41, 5.74) is 1.38. The van der Waals surface area contributed by atoms with Gasteiger partial charge in [0.2, 0.25) is 0 Å². The van der Waals surface area contributed by atoms with E-state index in [9.17, 15) is 13.2 Å². The number of aromatic nitrogens is 2. The van der Waals surface area contributed by atoms with Crippen LogP contribution in [0, 0.1) is 0 Å². The predicted molar refractivity (Wildman–Crippen MR) is 72.9 cm³/mol. The number of nitrogens with one attached hydrogen (secondary N) is 1. The summed E-state index contributed by atoms with van der Waals surface area (Å²) in [5, 5.41) is 2.64. The van der Waals surface area contributed by atoms with Crippen molar-refractivity contribution in [2.24, 2.45) is 0 Å². The Morgan fingerprint density at radius 1 is 1.42 bits per heavy atom. The Morgan fingerprint density at radius 2 is 2.21 bits per heavy atom. The van der Waals surface area contributed by atoms with Gasteiger partial charge in [0.15, 0.2) is 15.5 Å². The molecule has 2 aromatic rings. The largest absolute Gasteiger partial charge is 0.321 e. The van der Waals surface area contributed by atoms with Crippen LogP contribution >= 0.6 is 11.7 Å². The molecule has 1 heterocycles. The molecule has 1 amide bonds. The van der Waals surface area contributed by atoms with Crippen LogP contribution < -0.4 is 5.32 Å². The molecule has 0 aliphatic heterocycles. The molecule has 0 fully saturated rings. The molecule has 100 valence electrons. The Balaban J connectivity index is 2.13. The van der Waals surface area contributed by atoms with Crippen molar-refractivity contribution in [1.29, 1.82) is 0 Å². The van der Waals surface area contributed by atoms with Gasteiger partial charge in [-0.15, -0.1) is 0 Å². The first-order chi connectivity index (χ1) is 8.94. The maximum Gasteiger partial charge on any atom is 0.277 e. The first-order valence-corrected chi connectivity index (χ1v) is 8.09. The van der Waals surface area contributed by atoms with Gasteiger partial charge in [-0.1, -0.05) is 12.1 Å². The monoisotopic (exact) mass is 297 g/mol. The average Bonchev–Trinajstić information content (AvgIpc) is 2.80. The Labute approximate surface area is 114 Å². The lowest BCUT2D eigenvalue weighted by Gasteiger charge is -2.05. The summed E-state index contributed by atoms with van der Waals surface area (Å²) in [7, 11) is -3.10. The number of benzene rings is 1. The molecule has 1 aromatic heterocycles. The SMILES string of the molecule is CS(=O)(=O)Cc1cccc(NC(=O)c2cnsn2)c1. The lowest BCUT2D eigenvalue weighted by molar-refractivity contribution is 0.102. The van der Waals surface area contributed by atoms with Crippen LogP contribution in [0.15, 0.2) is 30.5 Å². The summed E-state index contributed by atoms with van der Waals surface area (Å²) in [6.07, 6.45) is 2.54. The number of rotatable bonds is 4. The van der Waals surface area contributed by atoms with Crippen molar-refractivity contribution in [3.63, 3.8) is 0 Å². The number of hydrogen-bond donors (Lipinski definition) is 1. The van der Waals surface area contributed by atoms with Gasteiger partial charge in [-0.25, -0.2) is 8.42 Å². The third-order valence-electron chi connectivity index (χ3n) is 2.21. The summed E-state index contributed by atoms with van der Waals surface area (Å²) in [6.45, 7) is 0. The van der Waals surface area contributed by atoms with E-state index < -0.39 is 9.84 Å². The lowest BCUT2D eigenvalue weighted by atomic mass is 10.2. The lowest BCUT2D eigenvalue weighted by Crippen LogP contribution is -2.12. The summed E-state index contributed by atoms with van der Waals surface area (Å²) in [4.78, 5) is 11.7. The third kappa shape index (κ3) is 4.11. The van der Waals surface area contributed by atoms with Crippen molar-refractivity contribution in [3.05, 3.63) is 41.7 Å². The number of sulfone groups is 1. The van der Waals surface area contributed by atoms with Gasteiger partial charge in [-0.05, 0) is 17.7 Å². The number of anilines is 1. The quantitative estimate of drug-likeness (QED) is 0.919. The number of carbonyl (C=O) groups excluding carboxylic acids is 1. The van der Waals surface area contributed by atoms with E-state index in [1.165, 1.54) is 12.5 Å². The van der Waals surface area contributed by atoms with Crippen LogP contribution in [0.4, 0.5) is 5.69 Å². The summed E-state index contributed by atoms with van der Waals surface area (Å²) in [6, 6.07) is 6.69. The number of nitrogens with zero attached hydrogens (tertiary/aromatic N) is 2. The van der Waals surface area contributed by atoms with Crippen molar-refractivity contribution < 1.29 is 13.2 Å². The molecule has 19 heavy (non-hydrogen) atoms. The van der Waals surface area contributed by atoms with Crippen molar-refractivity contribution in [2.75, 3.05) is 11.6 Å². The molecule has 1 aromatic carbocycles.